The molecule has 2 fully saturated rings. The number of nitrogens with zero attached hydrogens (tertiary/aromatic N) is 6. The first kappa shape index (κ1) is 19.7. The molecule has 1 aromatic carbocycles. The van der Waals surface area contributed by atoms with Crippen LogP contribution in [0.1, 0.15) is 6.92 Å². The third-order valence-electron chi connectivity index (χ3n) is 4.97. The van der Waals surface area contributed by atoms with Gasteiger partial charge in [-0.1, -0.05) is 18.2 Å². The van der Waals surface area contributed by atoms with Crippen LogP contribution in [-0.4, -0.2) is 77.6 Å². The Labute approximate surface area is 174 Å². The van der Waals surface area contributed by atoms with Gasteiger partial charge in [0.15, 0.2) is 12.4 Å². The summed E-state index contributed by atoms with van der Waals surface area (Å²) >= 11 is 2.84. The Hall–Kier alpha value is -2.60. The van der Waals surface area contributed by atoms with Crippen LogP contribution < -0.4 is 5.01 Å². The highest BCUT2D eigenvalue weighted by molar-refractivity contribution is 8.00. The molecule has 2 amide bonds. The molecular weight excluding hydrogens is 416 g/mol. The van der Waals surface area contributed by atoms with Gasteiger partial charge >= 0.3 is 5.97 Å². The molecule has 1 aromatic heterocycles. The fourth-order valence-electron chi connectivity index (χ4n) is 3.44. The van der Waals surface area contributed by atoms with E-state index >= 15 is 0 Å². The van der Waals surface area contributed by atoms with Crippen LogP contribution in [0.25, 0.3) is 0 Å². The zero-order valence-corrected chi connectivity index (χ0v) is 17.0. The molecule has 0 bridgehead atoms. The number of thioether (sulfide) groups is 2. The number of aliphatic carboxylic acids is 1. The summed E-state index contributed by atoms with van der Waals surface area (Å²) in [5.74, 6) is -0.904. The Kier molecular flexibility index (Phi) is 5.21. The van der Waals surface area contributed by atoms with Crippen molar-refractivity contribution in [3.63, 3.8) is 0 Å². The number of amides is 2. The molecule has 1 N–H and O–H groups in total. The van der Waals surface area contributed by atoms with Crippen molar-refractivity contribution in [1.82, 2.24) is 25.2 Å². The number of carboxylic acid groups (broad SMARTS) is 1. The van der Waals surface area contributed by atoms with Crippen LogP contribution in [0.5, 0.6) is 0 Å². The Bertz CT molecular complexity index is 927. The summed E-state index contributed by atoms with van der Waals surface area (Å²) in [7, 11) is 0. The van der Waals surface area contributed by atoms with Gasteiger partial charge in [-0.3, -0.25) is 14.4 Å². The summed E-state index contributed by atoms with van der Waals surface area (Å²) in [6, 6.07) is 8.82. The second-order valence-corrected chi connectivity index (χ2v) is 9.05. The van der Waals surface area contributed by atoms with Gasteiger partial charge in [0, 0.05) is 29.9 Å². The van der Waals surface area contributed by atoms with Gasteiger partial charge in [-0.15, -0.1) is 33.4 Å². The van der Waals surface area contributed by atoms with E-state index < -0.39 is 17.4 Å². The monoisotopic (exact) mass is 434 g/mol. The van der Waals surface area contributed by atoms with Gasteiger partial charge in [-0.2, -0.15) is 0 Å². The van der Waals surface area contributed by atoms with E-state index in [0.29, 0.717) is 11.5 Å². The van der Waals surface area contributed by atoms with Gasteiger partial charge in [0.2, 0.25) is 5.91 Å². The Morgan fingerprint density at radius 2 is 2.14 bits per heavy atom. The van der Waals surface area contributed by atoms with Gasteiger partial charge in [0.05, 0.1) is 0 Å². The molecule has 0 aliphatic carbocycles. The first-order valence-corrected chi connectivity index (χ1v) is 10.8. The van der Waals surface area contributed by atoms with Gasteiger partial charge in [-0.25, -0.2) is 5.01 Å². The predicted molar refractivity (Wildman–Crippen MR) is 106 cm³/mol. The van der Waals surface area contributed by atoms with E-state index in [-0.39, 0.29) is 23.7 Å². The number of rotatable bonds is 6. The fraction of sp³-hybridized carbons (Fsp3) is 0.412. The van der Waals surface area contributed by atoms with Crippen LogP contribution in [-0.2, 0) is 14.4 Å². The highest BCUT2D eigenvalue weighted by atomic mass is 32.2. The third kappa shape index (κ3) is 3.46. The molecule has 2 unspecified atom stereocenters. The van der Waals surface area contributed by atoms with Gasteiger partial charge in [0.25, 0.3) is 5.91 Å². The minimum absolute atomic E-state index is 0.108. The van der Waals surface area contributed by atoms with Crippen molar-refractivity contribution in [2.75, 3.05) is 23.1 Å². The molecule has 12 heteroatoms. The molecule has 2 aliphatic heterocycles. The quantitative estimate of drug-likeness (QED) is 0.505. The standard InChI is InChI=1S/C17H18N6O4S2/c1-11(24)23(22-10-18-19-20-22)13-14(25)21-7-17(16(26)27,9-29-15(13)21)8-28-12-5-3-2-4-6-12/h2-6,10,13,15H,7-9H2,1H3,(H,26,27)/t13?,15-,17?/m1/s1. The first-order valence-electron chi connectivity index (χ1n) is 8.79. The number of fused-ring (bicyclic) bond motifs is 1. The molecule has 152 valence electrons. The predicted octanol–water partition coefficient (Wildman–Crippen LogP) is 0.305. The van der Waals surface area contributed by atoms with Crippen molar-refractivity contribution < 1.29 is 19.5 Å². The summed E-state index contributed by atoms with van der Waals surface area (Å²) in [6.45, 7) is 1.44. The number of tetrazole rings is 1. The lowest BCUT2D eigenvalue weighted by Crippen LogP contribution is -2.76. The van der Waals surface area contributed by atoms with Gasteiger partial charge in [-0.05, 0) is 22.6 Å². The zero-order chi connectivity index (χ0) is 20.6. The molecule has 0 saturated carbocycles. The van der Waals surface area contributed by atoms with Crippen molar-refractivity contribution in [2.45, 2.75) is 23.2 Å². The zero-order valence-electron chi connectivity index (χ0n) is 15.4. The average molecular weight is 435 g/mol. The van der Waals surface area contributed by atoms with Crippen LogP contribution in [0.3, 0.4) is 0 Å². The molecule has 10 nitrogen and oxygen atoms in total. The second-order valence-electron chi connectivity index (χ2n) is 6.89. The maximum Gasteiger partial charge on any atom is 0.313 e. The minimum atomic E-state index is -1.06. The van der Waals surface area contributed by atoms with E-state index in [2.05, 4.69) is 15.5 Å². The van der Waals surface area contributed by atoms with Crippen molar-refractivity contribution in [2.24, 2.45) is 5.41 Å². The Morgan fingerprint density at radius 3 is 2.76 bits per heavy atom. The summed E-state index contributed by atoms with van der Waals surface area (Å²) in [5.41, 5.74) is -1.06. The average Bonchev–Trinajstić information content (AvgIpc) is 3.24. The number of benzene rings is 1. The molecule has 2 aliphatic rings. The van der Waals surface area contributed by atoms with E-state index in [9.17, 15) is 19.5 Å². The summed E-state index contributed by atoms with van der Waals surface area (Å²) in [5, 5.41) is 21.6. The number of carboxylic acids is 1. The molecule has 3 atom stereocenters. The molecule has 2 saturated heterocycles. The maximum atomic E-state index is 12.9. The highest BCUT2D eigenvalue weighted by Crippen LogP contribution is 2.45. The van der Waals surface area contributed by atoms with Crippen molar-refractivity contribution >= 4 is 41.3 Å². The minimum Gasteiger partial charge on any atom is -0.481 e. The molecule has 3 heterocycles. The van der Waals surface area contributed by atoms with Crippen molar-refractivity contribution in [1.29, 1.82) is 0 Å². The molecule has 0 spiro atoms. The normalized spacial score (nSPS) is 25.8. The smallest absolute Gasteiger partial charge is 0.313 e. The van der Waals surface area contributed by atoms with Crippen LogP contribution in [0, 0.1) is 5.41 Å². The summed E-state index contributed by atoms with van der Waals surface area (Å²) in [4.78, 5) is 40.8. The summed E-state index contributed by atoms with van der Waals surface area (Å²) < 4.78 is 0. The van der Waals surface area contributed by atoms with E-state index in [1.807, 2.05) is 30.3 Å². The number of β-lactam (4-membered cyclic amide) rings is 1. The van der Waals surface area contributed by atoms with Crippen LogP contribution in [0.15, 0.2) is 41.6 Å². The van der Waals surface area contributed by atoms with Gasteiger partial charge < -0.3 is 10.0 Å². The number of carbonyl (C=O) groups excluding carboxylic acids is 2. The largest absolute Gasteiger partial charge is 0.481 e. The molecule has 4 rings (SSSR count). The lowest BCUT2D eigenvalue weighted by atomic mass is 9.89. The van der Waals surface area contributed by atoms with E-state index in [1.54, 1.807) is 4.90 Å². The van der Waals surface area contributed by atoms with Crippen LogP contribution in [0.4, 0.5) is 0 Å². The van der Waals surface area contributed by atoms with Crippen LogP contribution >= 0.6 is 23.5 Å². The number of hydrogen-bond donors (Lipinski definition) is 1. The SMILES string of the molecule is CC(=O)N(C1C(=O)N2CC(CSc3ccccc3)(C(=O)O)CS[C@H]12)n1cnnn1. The fourth-order valence-corrected chi connectivity index (χ4v) is 6.25. The first-order chi connectivity index (χ1) is 13.9. The Morgan fingerprint density at radius 1 is 1.38 bits per heavy atom. The maximum absolute atomic E-state index is 12.9. The van der Waals surface area contributed by atoms with Crippen LogP contribution in [0.2, 0.25) is 0 Å². The van der Waals surface area contributed by atoms with E-state index in [0.717, 1.165) is 9.69 Å². The van der Waals surface area contributed by atoms with Crippen molar-refractivity contribution in [3.05, 3.63) is 36.7 Å². The second kappa shape index (κ2) is 7.67. The highest BCUT2D eigenvalue weighted by Gasteiger charge is 2.59. The lowest BCUT2D eigenvalue weighted by molar-refractivity contribution is -0.157. The molecule has 29 heavy (non-hydrogen) atoms. The Balaban J connectivity index is 1.51. The molecule has 2 aromatic rings. The number of carbonyl (C=O) groups is 3. The van der Waals surface area contributed by atoms with Gasteiger partial charge in [0.1, 0.15) is 10.8 Å². The molecular formula is C17H18N6O4S2. The third-order valence-corrected chi connectivity index (χ3v) is 7.85. The number of aromatic nitrogens is 4. The summed E-state index contributed by atoms with van der Waals surface area (Å²) in [6.07, 6.45) is 1.25. The lowest BCUT2D eigenvalue weighted by Gasteiger charge is -2.55. The molecule has 0 radical (unpaired) electrons. The topological polar surface area (TPSA) is 122 Å². The van der Waals surface area contributed by atoms with Crippen molar-refractivity contribution in [3.8, 4) is 0 Å². The number of hydrogen-bond acceptors (Lipinski definition) is 8. The van der Waals surface area contributed by atoms with E-state index in [4.69, 9.17) is 0 Å². The van der Waals surface area contributed by atoms with E-state index in [1.165, 1.54) is 41.8 Å².